The summed E-state index contributed by atoms with van der Waals surface area (Å²) in [6.07, 6.45) is -18.3. The fourth-order valence-electron chi connectivity index (χ4n) is 6.68. The molecule has 3 aliphatic rings. The van der Waals surface area contributed by atoms with Crippen LogP contribution in [0.3, 0.4) is 0 Å². The van der Waals surface area contributed by atoms with Crippen LogP contribution in [0.4, 0.5) is 0 Å². The molecule has 3 fully saturated rings. The fraction of sp³-hybridized carbons (Fsp3) is 0.615. The van der Waals surface area contributed by atoms with Crippen LogP contribution >= 0.6 is 0 Å². The molecule has 15 atom stereocenters. The molecule has 10 N–H and O–H groups in total. The number of aliphatic hydroxyl groups excluding tert-OH is 10. The van der Waals surface area contributed by atoms with Gasteiger partial charge in [0.25, 0.3) is 0 Å². The standard InChI is InChI=1S/C39H54O18/c40-18-25-28(44)29(45)32(48)38(53-25)56-36-27(20-42)55-39(34(50)31(36)47)57-35-26(19-41)54-37(33(49)30(35)46)52-17-7-2-1-6-16-51-23-13-11-22(12-14-23)24(43)15-10-21-8-4-3-5-9-21/h3-5,8-15,25-42,44-50H,1-2,6-7,16-20H2/t25-,26-,27-,28+,29+,30-,31-,32-,33-,34-,35-,36+,37-,38-,39+/m1/s1. The van der Waals surface area contributed by atoms with Crippen molar-refractivity contribution in [3.8, 4) is 5.75 Å². The first-order valence-corrected chi connectivity index (χ1v) is 19.0. The Morgan fingerprint density at radius 3 is 1.65 bits per heavy atom. The Labute approximate surface area is 329 Å². The van der Waals surface area contributed by atoms with Gasteiger partial charge in [0.2, 0.25) is 0 Å². The first-order chi connectivity index (χ1) is 27.5. The Morgan fingerprint density at radius 1 is 0.561 bits per heavy atom. The molecule has 3 aliphatic heterocycles. The van der Waals surface area contributed by atoms with Gasteiger partial charge in [0, 0.05) is 12.2 Å². The number of ketones is 1. The third-order valence-corrected chi connectivity index (χ3v) is 10.0. The van der Waals surface area contributed by atoms with E-state index in [1.807, 2.05) is 30.3 Å². The van der Waals surface area contributed by atoms with Crippen molar-refractivity contribution in [1.82, 2.24) is 0 Å². The zero-order valence-electron chi connectivity index (χ0n) is 31.1. The lowest BCUT2D eigenvalue weighted by molar-refractivity contribution is -0.379. The number of benzene rings is 2. The van der Waals surface area contributed by atoms with Gasteiger partial charge < -0.3 is 84.2 Å². The van der Waals surface area contributed by atoms with Crippen molar-refractivity contribution in [1.29, 1.82) is 0 Å². The lowest BCUT2D eigenvalue weighted by atomic mass is 9.96. The summed E-state index contributed by atoms with van der Waals surface area (Å²) in [4.78, 5) is 12.5. The number of aliphatic hydroxyl groups is 10. The second kappa shape index (κ2) is 21.9. The Balaban J connectivity index is 1.01. The molecule has 318 valence electrons. The van der Waals surface area contributed by atoms with Gasteiger partial charge in [-0.1, -0.05) is 42.8 Å². The lowest BCUT2D eigenvalue weighted by Crippen LogP contribution is -2.66. The molecule has 0 saturated carbocycles. The number of carbonyl (C=O) groups excluding carboxylic acids is 1. The normalized spacial score (nSPS) is 36.0. The van der Waals surface area contributed by atoms with E-state index in [0.29, 0.717) is 24.3 Å². The predicted molar refractivity (Wildman–Crippen MR) is 195 cm³/mol. The summed E-state index contributed by atoms with van der Waals surface area (Å²) in [5.74, 6) is 0.532. The zero-order chi connectivity index (χ0) is 41.1. The number of carbonyl (C=O) groups is 1. The van der Waals surface area contributed by atoms with E-state index in [9.17, 15) is 55.9 Å². The number of ether oxygens (including phenoxy) is 7. The molecule has 0 bridgehead atoms. The van der Waals surface area contributed by atoms with E-state index in [2.05, 4.69) is 0 Å². The molecule has 3 saturated heterocycles. The molecule has 5 rings (SSSR count). The van der Waals surface area contributed by atoms with E-state index in [1.54, 1.807) is 30.3 Å². The zero-order valence-corrected chi connectivity index (χ0v) is 31.1. The summed E-state index contributed by atoms with van der Waals surface area (Å²) >= 11 is 0. The van der Waals surface area contributed by atoms with Crippen molar-refractivity contribution in [2.24, 2.45) is 0 Å². The van der Waals surface area contributed by atoms with Crippen molar-refractivity contribution < 1.29 is 89.0 Å². The molecule has 18 heteroatoms. The average Bonchev–Trinajstić information content (AvgIpc) is 3.23. The smallest absolute Gasteiger partial charge is 0.187 e. The average molecular weight is 811 g/mol. The summed E-state index contributed by atoms with van der Waals surface area (Å²) in [6.45, 7) is -1.68. The van der Waals surface area contributed by atoms with Gasteiger partial charge in [-0.05, 0) is 55.2 Å². The Morgan fingerprint density at radius 2 is 1.07 bits per heavy atom. The van der Waals surface area contributed by atoms with Crippen molar-refractivity contribution in [2.75, 3.05) is 33.0 Å². The van der Waals surface area contributed by atoms with E-state index < -0.39 is 112 Å². The van der Waals surface area contributed by atoms with Gasteiger partial charge in [0.1, 0.15) is 79.0 Å². The van der Waals surface area contributed by atoms with Crippen LogP contribution in [0.1, 0.15) is 41.6 Å². The van der Waals surface area contributed by atoms with Gasteiger partial charge in [-0.3, -0.25) is 4.79 Å². The van der Waals surface area contributed by atoms with E-state index >= 15 is 0 Å². The highest BCUT2D eigenvalue weighted by Crippen LogP contribution is 2.32. The van der Waals surface area contributed by atoms with Crippen LogP contribution in [0.15, 0.2) is 60.7 Å². The molecule has 18 nitrogen and oxygen atoms in total. The molecular weight excluding hydrogens is 756 g/mol. The fourth-order valence-corrected chi connectivity index (χ4v) is 6.68. The van der Waals surface area contributed by atoms with Crippen molar-refractivity contribution in [3.05, 3.63) is 71.8 Å². The molecule has 0 aromatic heterocycles. The SMILES string of the molecule is O=C(C=Cc1ccccc1)c1ccc(OCCCCCCO[C@@H]2O[C@H](CO)[C@@H](O[C@@H]3O[C@H](CO)[C@H](O[C@H]4O[C@H](CO)[C@H](O)[C@H](O)[C@H]4O)[C@H](O)[C@H]3O)[C@H](O)[C@H]2O)cc1. The maximum absolute atomic E-state index is 12.5. The van der Waals surface area contributed by atoms with Gasteiger partial charge >= 0.3 is 0 Å². The number of unbranched alkanes of at least 4 members (excludes halogenated alkanes) is 3. The summed E-state index contributed by atoms with van der Waals surface area (Å²) < 4.78 is 39.3. The Hall–Kier alpha value is -2.99. The molecule has 0 radical (unpaired) electrons. The molecule has 57 heavy (non-hydrogen) atoms. The minimum absolute atomic E-state index is 0.110. The van der Waals surface area contributed by atoms with Gasteiger partial charge in [0.05, 0.1) is 26.4 Å². The largest absolute Gasteiger partial charge is 0.494 e. The van der Waals surface area contributed by atoms with Crippen LogP contribution in [0.25, 0.3) is 6.08 Å². The highest BCUT2D eigenvalue weighted by atomic mass is 16.8. The summed E-state index contributed by atoms with van der Waals surface area (Å²) in [6, 6.07) is 16.5. The van der Waals surface area contributed by atoms with Crippen molar-refractivity contribution in [2.45, 2.75) is 118 Å². The summed E-state index contributed by atoms with van der Waals surface area (Å²) in [5.41, 5.74) is 1.49. The van der Waals surface area contributed by atoms with Gasteiger partial charge in [0.15, 0.2) is 24.7 Å². The van der Waals surface area contributed by atoms with Crippen LogP contribution in [0, 0.1) is 0 Å². The number of hydrogen-bond donors (Lipinski definition) is 10. The monoisotopic (exact) mass is 810 g/mol. The topological polar surface area (TPSA) is 284 Å². The highest BCUT2D eigenvalue weighted by Gasteiger charge is 2.53. The van der Waals surface area contributed by atoms with Crippen LogP contribution in [-0.2, 0) is 28.4 Å². The molecule has 0 amide bonds. The van der Waals surface area contributed by atoms with Crippen LogP contribution < -0.4 is 4.74 Å². The quantitative estimate of drug-likeness (QED) is 0.0417. The van der Waals surface area contributed by atoms with E-state index in [1.165, 1.54) is 6.08 Å². The van der Waals surface area contributed by atoms with Crippen LogP contribution in [0.5, 0.6) is 5.75 Å². The third kappa shape index (κ3) is 11.6. The van der Waals surface area contributed by atoms with Gasteiger partial charge in [-0.2, -0.15) is 0 Å². The van der Waals surface area contributed by atoms with Crippen molar-refractivity contribution in [3.63, 3.8) is 0 Å². The van der Waals surface area contributed by atoms with Crippen LogP contribution in [-0.4, -0.2) is 182 Å². The first-order valence-electron chi connectivity index (χ1n) is 19.0. The minimum atomic E-state index is -1.92. The second-order valence-electron chi connectivity index (χ2n) is 14.1. The van der Waals surface area contributed by atoms with Gasteiger partial charge in [-0.15, -0.1) is 0 Å². The van der Waals surface area contributed by atoms with Gasteiger partial charge in [-0.25, -0.2) is 0 Å². The summed E-state index contributed by atoms with van der Waals surface area (Å²) in [5, 5.41) is 103. The molecule has 2 aromatic rings. The summed E-state index contributed by atoms with van der Waals surface area (Å²) in [7, 11) is 0. The van der Waals surface area contributed by atoms with Crippen LogP contribution in [0.2, 0.25) is 0 Å². The molecular formula is C39H54O18. The number of rotatable bonds is 19. The maximum atomic E-state index is 12.5. The lowest BCUT2D eigenvalue weighted by Gasteiger charge is -2.48. The van der Waals surface area contributed by atoms with E-state index in [-0.39, 0.29) is 12.4 Å². The first kappa shape index (κ1) is 45.1. The molecule has 0 aliphatic carbocycles. The van der Waals surface area contributed by atoms with Crippen molar-refractivity contribution >= 4 is 11.9 Å². The van der Waals surface area contributed by atoms with E-state index in [4.69, 9.17) is 33.2 Å². The molecule has 3 heterocycles. The molecule has 0 unspecified atom stereocenters. The molecule has 0 spiro atoms. The molecule has 2 aromatic carbocycles. The minimum Gasteiger partial charge on any atom is -0.494 e. The number of hydrogen-bond acceptors (Lipinski definition) is 18. The third-order valence-electron chi connectivity index (χ3n) is 10.0. The van der Waals surface area contributed by atoms with E-state index in [0.717, 1.165) is 24.8 Å². The number of allylic oxidation sites excluding steroid dienone is 1. The maximum Gasteiger partial charge on any atom is 0.187 e. The second-order valence-corrected chi connectivity index (χ2v) is 14.1. The Bertz CT molecular complexity index is 1510. The predicted octanol–water partition coefficient (Wildman–Crippen LogP) is -2.01. The highest BCUT2D eigenvalue weighted by molar-refractivity contribution is 6.06. The Kier molecular flexibility index (Phi) is 17.3.